The van der Waals surface area contributed by atoms with Crippen LogP contribution in [0.1, 0.15) is 35.5 Å². The zero-order chi connectivity index (χ0) is 26.5. The minimum Gasteiger partial charge on any atom is -0.497 e. The van der Waals surface area contributed by atoms with E-state index in [9.17, 15) is 9.59 Å². The molecule has 1 unspecified atom stereocenters. The fraction of sp³-hybridized carbons (Fsp3) is 0.120. The summed E-state index contributed by atoms with van der Waals surface area (Å²) < 4.78 is 11.7. The maximum absolute atomic E-state index is 12.8. The van der Waals surface area contributed by atoms with Crippen molar-refractivity contribution in [3.8, 4) is 29.8 Å². The molecule has 2 aromatic heterocycles. The van der Waals surface area contributed by atoms with Gasteiger partial charge in [-0.3, -0.25) is 15.2 Å². The average molecular weight is 499 g/mol. The Kier molecular flexibility index (Phi) is 6.97. The van der Waals surface area contributed by atoms with Gasteiger partial charge in [0.05, 0.1) is 12.7 Å². The lowest BCUT2D eigenvalue weighted by Crippen LogP contribution is -2.18. The smallest absolute Gasteiger partial charge is 0.350 e. The van der Waals surface area contributed by atoms with Gasteiger partial charge in [-0.15, -0.1) is 16.2 Å². The maximum atomic E-state index is 12.8. The van der Waals surface area contributed by atoms with Gasteiger partial charge in [0, 0.05) is 36.6 Å². The molecule has 2 aromatic carbocycles. The summed E-state index contributed by atoms with van der Waals surface area (Å²) in [5.74, 6) is 2.64. The summed E-state index contributed by atoms with van der Waals surface area (Å²) in [7, 11) is 1.51. The van der Waals surface area contributed by atoms with Gasteiger partial charge in [0.2, 0.25) is 0 Å². The fourth-order valence-electron chi connectivity index (χ4n) is 3.55. The maximum Gasteiger partial charge on any atom is 0.350 e. The molecule has 37 heavy (non-hydrogen) atoms. The van der Waals surface area contributed by atoms with Crippen molar-refractivity contribution in [1.29, 1.82) is 5.41 Å². The Hall–Kier alpha value is -5.44. The third-order valence-electron chi connectivity index (χ3n) is 5.15. The summed E-state index contributed by atoms with van der Waals surface area (Å²) in [6.45, 7) is 1.24. The van der Waals surface area contributed by atoms with Crippen molar-refractivity contribution in [2.45, 2.75) is 13.0 Å². The van der Waals surface area contributed by atoms with E-state index in [-0.39, 0.29) is 28.9 Å². The summed E-state index contributed by atoms with van der Waals surface area (Å²) in [6, 6.07) is 10.7. The van der Waals surface area contributed by atoms with Crippen molar-refractivity contribution < 1.29 is 14.3 Å². The monoisotopic (exact) mass is 498 g/mol. The molecule has 0 saturated carbocycles. The molecule has 5 N–H and O–H groups in total. The molecule has 186 valence electrons. The third-order valence-corrected chi connectivity index (χ3v) is 5.15. The standard InChI is InChI=1S/C25H22N8O4/c1-4-15-10-16(12-18(11-15)36-3)21(23-31-25(35)33(32-23)24-28-8-5-9-29-24)30-17-6-7-19(22(26)27)20(13-17)37-14(2)34/h1,5-13,21,30H,2-3H3,(H3,26,27)(H,31,32,35). The van der Waals surface area contributed by atoms with E-state index >= 15 is 0 Å². The van der Waals surface area contributed by atoms with Gasteiger partial charge in [0.25, 0.3) is 5.95 Å². The molecule has 2 heterocycles. The molecule has 0 fully saturated rings. The van der Waals surface area contributed by atoms with Crippen LogP contribution in [0, 0.1) is 17.8 Å². The van der Waals surface area contributed by atoms with Crippen LogP contribution in [-0.4, -0.2) is 43.6 Å². The largest absolute Gasteiger partial charge is 0.497 e. The first-order valence-electron chi connectivity index (χ1n) is 10.8. The predicted molar refractivity (Wildman–Crippen MR) is 135 cm³/mol. The molecule has 0 amide bonds. The lowest BCUT2D eigenvalue weighted by atomic mass is 10.0. The van der Waals surface area contributed by atoms with Gasteiger partial charge >= 0.3 is 11.7 Å². The van der Waals surface area contributed by atoms with E-state index in [1.807, 2.05) is 0 Å². The number of benzene rings is 2. The van der Waals surface area contributed by atoms with Crippen LogP contribution in [-0.2, 0) is 4.79 Å². The highest BCUT2D eigenvalue weighted by Gasteiger charge is 2.23. The van der Waals surface area contributed by atoms with E-state index in [1.54, 1.807) is 30.3 Å². The molecule has 0 aliphatic rings. The Morgan fingerprint density at radius 1 is 1.24 bits per heavy atom. The van der Waals surface area contributed by atoms with Crippen LogP contribution in [0.4, 0.5) is 5.69 Å². The van der Waals surface area contributed by atoms with Crippen molar-refractivity contribution in [1.82, 2.24) is 24.7 Å². The molecule has 0 aliphatic carbocycles. The minimum atomic E-state index is -0.756. The van der Waals surface area contributed by atoms with Crippen LogP contribution in [0.3, 0.4) is 0 Å². The van der Waals surface area contributed by atoms with Crippen LogP contribution in [0.2, 0.25) is 0 Å². The molecular weight excluding hydrogens is 476 g/mol. The number of rotatable bonds is 8. The number of nitrogens with zero attached hydrogens (tertiary/aromatic N) is 4. The molecule has 0 saturated heterocycles. The molecular formula is C25H22N8O4. The van der Waals surface area contributed by atoms with E-state index < -0.39 is 17.7 Å². The Bertz CT molecular complexity index is 1570. The first-order chi connectivity index (χ1) is 17.8. The van der Waals surface area contributed by atoms with Gasteiger partial charge in [0.15, 0.2) is 5.82 Å². The van der Waals surface area contributed by atoms with Crippen LogP contribution in [0.5, 0.6) is 11.5 Å². The van der Waals surface area contributed by atoms with E-state index in [2.05, 4.69) is 31.3 Å². The number of anilines is 1. The van der Waals surface area contributed by atoms with Gasteiger partial charge < -0.3 is 20.5 Å². The van der Waals surface area contributed by atoms with Crippen LogP contribution < -0.4 is 26.2 Å². The highest BCUT2D eigenvalue weighted by atomic mass is 16.5. The number of aromatic nitrogens is 5. The number of terminal acetylenes is 1. The number of hydrogen-bond donors (Lipinski definition) is 4. The number of carbonyl (C=O) groups excluding carboxylic acids is 1. The second kappa shape index (κ2) is 10.4. The minimum absolute atomic E-state index is 0.0895. The first kappa shape index (κ1) is 24.7. The van der Waals surface area contributed by atoms with Crippen molar-refractivity contribution in [3.05, 3.63) is 87.9 Å². The number of hydrogen-bond acceptors (Lipinski definition) is 9. The number of aromatic amines is 1. The van der Waals surface area contributed by atoms with Gasteiger partial charge in [-0.2, -0.15) is 0 Å². The summed E-state index contributed by atoms with van der Waals surface area (Å²) >= 11 is 0. The molecule has 12 nitrogen and oxygen atoms in total. The Balaban J connectivity index is 1.84. The number of nitrogens with two attached hydrogens (primary N) is 1. The van der Waals surface area contributed by atoms with E-state index in [0.717, 1.165) is 4.68 Å². The van der Waals surface area contributed by atoms with Crippen LogP contribution >= 0.6 is 0 Å². The van der Waals surface area contributed by atoms with E-state index in [0.29, 0.717) is 22.6 Å². The second-order valence-electron chi connectivity index (χ2n) is 7.71. The number of nitrogen functional groups attached to an aromatic ring is 1. The zero-order valence-corrected chi connectivity index (χ0v) is 19.9. The topological polar surface area (TPSA) is 174 Å². The van der Waals surface area contributed by atoms with Crippen molar-refractivity contribution in [3.63, 3.8) is 0 Å². The number of H-pyrrole nitrogens is 1. The number of carbonyl (C=O) groups is 1. The van der Waals surface area contributed by atoms with Crippen molar-refractivity contribution >= 4 is 17.5 Å². The van der Waals surface area contributed by atoms with Gasteiger partial charge in [-0.1, -0.05) is 5.92 Å². The molecule has 0 spiro atoms. The van der Waals surface area contributed by atoms with Crippen LogP contribution in [0.25, 0.3) is 5.95 Å². The van der Waals surface area contributed by atoms with Crippen molar-refractivity contribution in [2.24, 2.45) is 5.73 Å². The van der Waals surface area contributed by atoms with Gasteiger partial charge in [0.1, 0.15) is 23.4 Å². The lowest BCUT2D eigenvalue weighted by Gasteiger charge is -2.20. The Morgan fingerprint density at radius 2 is 2.00 bits per heavy atom. The van der Waals surface area contributed by atoms with Crippen LogP contribution in [0.15, 0.2) is 59.7 Å². The second-order valence-corrected chi connectivity index (χ2v) is 7.71. The lowest BCUT2D eigenvalue weighted by molar-refractivity contribution is -0.131. The highest BCUT2D eigenvalue weighted by molar-refractivity contribution is 5.98. The first-order valence-corrected chi connectivity index (χ1v) is 10.8. The molecule has 1 atom stereocenters. The van der Waals surface area contributed by atoms with E-state index in [4.69, 9.17) is 27.0 Å². The summed E-state index contributed by atoms with van der Waals surface area (Å²) in [4.78, 5) is 35.3. The Morgan fingerprint density at radius 3 is 2.65 bits per heavy atom. The molecule has 0 bridgehead atoms. The quantitative estimate of drug-likeness (QED) is 0.0927. The summed E-state index contributed by atoms with van der Waals surface area (Å²) in [5, 5.41) is 15.5. The van der Waals surface area contributed by atoms with E-state index in [1.165, 1.54) is 38.6 Å². The van der Waals surface area contributed by atoms with Gasteiger partial charge in [-0.05, 0) is 42.0 Å². The predicted octanol–water partition coefficient (Wildman–Crippen LogP) is 1.75. The normalized spacial score (nSPS) is 11.3. The molecule has 0 radical (unpaired) electrons. The number of esters is 1. The van der Waals surface area contributed by atoms with Crippen molar-refractivity contribution in [2.75, 3.05) is 12.4 Å². The molecule has 4 rings (SSSR count). The number of methoxy groups -OCH3 is 1. The molecule has 12 heteroatoms. The fourth-order valence-corrected chi connectivity index (χ4v) is 3.55. The molecule has 0 aliphatic heterocycles. The van der Waals surface area contributed by atoms with Gasteiger partial charge in [-0.25, -0.2) is 14.8 Å². The summed E-state index contributed by atoms with van der Waals surface area (Å²) in [6.07, 6.45) is 8.64. The number of ether oxygens (including phenoxy) is 2. The Labute approximate surface area is 211 Å². The average Bonchev–Trinajstić information content (AvgIpc) is 3.28. The highest BCUT2D eigenvalue weighted by Crippen LogP contribution is 2.31. The zero-order valence-electron chi connectivity index (χ0n) is 19.9. The SMILES string of the molecule is C#Cc1cc(OC)cc(C(Nc2ccc(C(=N)N)c(OC(C)=O)c2)c2nn(-c3ncccn3)c(=O)[nH]2)c1. The number of nitrogens with one attached hydrogen (secondary N) is 3. The summed E-state index contributed by atoms with van der Waals surface area (Å²) in [5.41, 5.74) is 6.96. The molecule has 4 aromatic rings. The third kappa shape index (κ3) is 5.46. The number of amidine groups is 1.